The van der Waals surface area contributed by atoms with Gasteiger partial charge in [0, 0.05) is 43.2 Å². The molecule has 178 valence electrons. The summed E-state index contributed by atoms with van der Waals surface area (Å²) in [6.07, 6.45) is 0.482. The van der Waals surface area contributed by atoms with Crippen molar-refractivity contribution in [1.82, 2.24) is 29.1 Å². The highest BCUT2D eigenvalue weighted by Crippen LogP contribution is 2.31. The molecule has 0 atom stereocenters. The molecule has 0 unspecified atom stereocenters. The molecule has 0 saturated heterocycles. The summed E-state index contributed by atoms with van der Waals surface area (Å²) in [5.74, 6) is 1.24. The molecule has 5 rings (SSSR count). The number of halogens is 3. The van der Waals surface area contributed by atoms with E-state index in [1.807, 2.05) is 30.3 Å². The van der Waals surface area contributed by atoms with Gasteiger partial charge in [-0.2, -0.15) is 13.2 Å². The Morgan fingerprint density at radius 1 is 0.971 bits per heavy atom. The molecule has 6 nitrogen and oxygen atoms in total. The molecule has 0 fully saturated rings. The molecule has 0 saturated carbocycles. The van der Waals surface area contributed by atoms with Gasteiger partial charge in [0.2, 0.25) is 0 Å². The SMILES string of the molecule is CC(C)c1ccccc1-c1nc2c(Cc3ccc(-c4nc(C(F)(F)F)cn4C)cc3)nccn2n1. The molecule has 0 spiro atoms. The Balaban J connectivity index is 1.44. The van der Waals surface area contributed by atoms with E-state index in [0.717, 1.165) is 23.0 Å². The first-order valence-corrected chi connectivity index (χ1v) is 11.2. The van der Waals surface area contributed by atoms with Crippen LogP contribution in [0.1, 0.15) is 42.3 Å². The summed E-state index contributed by atoms with van der Waals surface area (Å²) in [6.45, 7) is 4.28. The smallest absolute Gasteiger partial charge is 0.333 e. The lowest BCUT2D eigenvalue weighted by atomic mass is 9.97. The molecule has 0 aliphatic heterocycles. The highest BCUT2D eigenvalue weighted by molar-refractivity contribution is 5.64. The Bertz CT molecular complexity index is 1500. The van der Waals surface area contributed by atoms with Crippen molar-refractivity contribution in [3.05, 3.63) is 89.6 Å². The lowest BCUT2D eigenvalue weighted by molar-refractivity contribution is -0.140. The Hall–Kier alpha value is -4.01. The van der Waals surface area contributed by atoms with Gasteiger partial charge in [-0.3, -0.25) is 4.98 Å². The normalized spacial score (nSPS) is 12.1. The van der Waals surface area contributed by atoms with Gasteiger partial charge in [0.1, 0.15) is 5.82 Å². The van der Waals surface area contributed by atoms with E-state index >= 15 is 0 Å². The highest BCUT2D eigenvalue weighted by atomic mass is 19.4. The van der Waals surface area contributed by atoms with Crippen LogP contribution in [0.4, 0.5) is 13.2 Å². The molecule has 2 aromatic carbocycles. The molecule has 5 aromatic rings. The number of hydrogen-bond donors (Lipinski definition) is 0. The van der Waals surface area contributed by atoms with Crippen LogP contribution in [0.3, 0.4) is 0 Å². The fourth-order valence-electron chi connectivity index (χ4n) is 4.15. The molecule has 35 heavy (non-hydrogen) atoms. The van der Waals surface area contributed by atoms with Gasteiger partial charge in [-0.25, -0.2) is 14.5 Å². The summed E-state index contributed by atoms with van der Waals surface area (Å²) in [7, 11) is 1.55. The summed E-state index contributed by atoms with van der Waals surface area (Å²) < 4.78 is 42.1. The summed E-state index contributed by atoms with van der Waals surface area (Å²) in [6, 6.07) is 15.4. The van der Waals surface area contributed by atoms with Gasteiger partial charge in [0.05, 0.1) is 5.69 Å². The number of alkyl halides is 3. The molecule has 0 radical (unpaired) electrons. The number of aryl methyl sites for hydroxylation is 1. The van der Waals surface area contributed by atoms with Crippen molar-refractivity contribution in [3.63, 3.8) is 0 Å². The predicted octanol–water partition coefficient (Wildman–Crippen LogP) is 5.92. The molecule has 3 heterocycles. The first-order chi connectivity index (χ1) is 16.7. The third-order valence-corrected chi connectivity index (χ3v) is 5.90. The maximum absolute atomic E-state index is 13.0. The van der Waals surface area contributed by atoms with E-state index in [2.05, 4.69) is 35.0 Å². The molecule has 9 heteroatoms. The molecule has 0 aliphatic carbocycles. The third kappa shape index (κ3) is 4.41. The topological polar surface area (TPSA) is 60.9 Å². The van der Waals surface area contributed by atoms with Gasteiger partial charge in [0.15, 0.2) is 17.2 Å². The van der Waals surface area contributed by atoms with Gasteiger partial charge in [-0.15, -0.1) is 5.10 Å². The number of hydrogen-bond acceptors (Lipinski definition) is 4. The van der Waals surface area contributed by atoms with E-state index in [1.165, 1.54) is 10.1 Å². The number of imidazole rings is 1. The Kier molecular flexibility index (Phi) is 5.62. The zero-order valence-electron chi connectivity index (χ0n) is 19.5. The van der Waals surface area contributed by atoms with Crippen LogP contribution in [0.2, 0.25) is 0 Å². The number of nitrogens with zero attached hydrogens (tertiary/aromatic N) is 6. The molecule has 0 aliphatic rings. The van der Waals surface area contributed by atoms with Crippen LogP contribution in [0.5, 0.6) is 0 Å². The summed E-state index contributed by atoms with van der Waals surface area (Å²) in [4.78, 5) is 13.1. The minimum Gasteiger partial charge on any atom is -0.333 e. The average molecular weight is 477 g/mol. The minimum absolute atomic E-state index is 0.259. The van der Waals surface area contributed by atoms with Crippen molar-refractivity contribution in [1.29, 1.82) is 0 Å². The fourth-order valence-corrected chi connectivity index (χ4v) is 4.15. The van der Waals surface area contributed by atoms with Gasteiger partial charge < -0.3 is 4.57 Å². The predicted molar refractivity (Wildman–Crippen MR) is 127 cm³/mol. The van der Waals surface area contributed by atoms with Crippen LogP contribution < -0.4 is 0 Å². The molecular formula is C26H23F3N6. The lowest BCUT2D eigenvalue weighted by Gasteiger charge is -2.09. The fraction of sp³-hybridized carbons (Fsp3) is 0.231. The summed E-state index contributed by atoms with van der Waals surface area (Å²) >= 11 is 0. The molecule has 0 amide bonds. The van der Waals surface area contributed by atoms with Crippen LogP contribution >= 0.6 is 0 Å². The van der Waals surface area contributed by atoms with E-state index in [0.29, 0.717) is 29.4 Å². The standard InChI is InChI=1S/C26H23F3N6/c1-16(2)19-6-4-5-7-20(19)23-32-25-21(30-12-13-35(25)33-23)14-17-8-10-18(11-9-17)24-31-22(15-34(24)3)26(27,28)29/h4-13,15-16H,14H2,1-3H3. The van der Waals surface area contributed by atoms with Crippen molar-refractivity contribution in [2.24, 2.45) is 7.05 Å². The second-order valence-corrected chi connectivity index (χ2v) is 8.75. The van der Waals surface area contributed by atoms with Crippen molar-refractivity contribution in [3.8, 4) is 22.8 Å². The lowest BCUT2D eigenvalue weighted by Crippen LogP contribution is -2.04. The Morgan fingerprint density at radius 2 is 1.71 bits per heavy atom. The average Bonchev–Trinajstić information content (AvgIpc) is 3.44. The largest absolute Gasteiger partial charge is 0.434 e. The first kappa shape index (κ1) is 22.8. The zero-order chi connectivity index (χ0) is 24.7. The second kappa shape index (κ2) is 8.65. The van der Waals surface area contributed by atoms with Crippen LogP contribution in [-0.4, -0.2) is 29.1 Å². The number of fused-ring (bicyclic) bond motifs is 1. The molecule has 3 aromatic heterocycles. The number of rotatable bonds is 5. The van der Waals surface area contributed by atoms with Crippen molar-refractivity contribution in [2.75, 3.05) is 0 Å². The van der Waals surface area contributed by atoms with Gasteiger partial charge >= 0.3 is 6.18 Å². The highest BCUT2D eigenvalue weighted by Gasteiger charge is 2.34. The van der Waals surface area contributed by atoms with Crippen LogP contribution in [0.25, 0.3) is 28.4 Å². The maximum Gasteiger partial charge on any atom is 0.434 e. The van der Waals surface area contributed by atoms with Gasteiger partial charge in [0.25, 0.3) is 0 Å². The molecular weight excluding hydrogens is 453 g/mol. The number of benzene rings is 2. The van der Waals surface area contributed by atoms with Crippen LogP contribution in [0.15, 0.2) is 67.1 Å². The monoisotopic (exact) mass is 476 g/mol. The second-order valence-electron chi connectivity index (χ2n) is 8.75. The van der Waals surface area contributed by atoms with Crippen molar-refractivity contribution >= 4 is 5.65 Å². The number of aromatic nitrogens is 6. The van der Waals surface area contributed by atoms with Crippen LogP contribution in [-0.2, 0) is 19.6 Å². The Labute approximate surface area is 200 Å². The van der Waals surface area contributed by atoms with E-state index in [4.69, 9.17) is 4.98 Å². The summed E-state index contributed by atoms with van der Waals surface area (Å²) in [5, 5.41) is 4.68. The minimum atomic E-state index is -4.48. The van der Waals surface area contributed by atoms with Crippen molar-refractivity contribution < 1.29 is 13.2 Å². The van der Waals surface area contributed by atoms with E-state index < -0.39 is 11.9 Å². The quantitative estimate of drug-likeness (QED) is 0.316. The third-order valence-electron chi connectivity index (χ3n) is 5.90. The summed E-state index contributed by atoms with van der Waals surface area (Å²) in [5.41, 5.74) is 4.25. The van der Waals surface area contributed by atoms with Gasteiger partial charge in [-0.05, 0) is 17.0 Å². The van der Waals surface area contributed by atoms with Gasteiger partial charge in [-0.1, -0.05) is 62.4 Å². The van der Waals surface area contributed by atoms with E-state index in [-0.39, 0.29) is 5.82 Å². The van der Waals surface area contributed by atoms with E-state index in [1.54, 1.807) is 36.1 Å². The van der Waals surface area contributed by atoms with Crippen LogP contribution in [0, 0.1) is 0 Å². The van der Waals surface area contributed by atoms with E-state index in [9.17, 15) is 13.2 Å². The first-order valence-electron chi connectivity index (χ1n) is 11.2. The molecule has 0 N–H and O–H groups in total. The molecule has 0 bridgehead atoms. The maximum atomic E-state index is 13.0. The Morgan fingerprint density at radius 3 is 2.40 bits per heavy atom. The van der Waals surface area contributed by atoms with Crippen molar-refractivity contribution in [2.45, 2.75) is 32.4 Å². The zero-order valence-corrected chi connectivity index (χ0v) is 19.5.